The Morgan fingerprint density at radius 3 is 2.69 bits per heavy atom. The highest BCUT2D eigenvalue weighted by molar-refractivity contribution is 8.01. The van der Waals surface area contributed by atoms with E-state index in [1.165, 1.54) is 0 Å². The van der Waals surface area contributed by atoms with Crippen LogP contribution in [0, 0.1) is 5.92 Å². The van der Waals surface area contributed by atoms with Crippen molar-refractivity contribution >= 4 is 23.6 Å². The van der Waals surface area contributed by atoms with Crippen molar-refractivity contribution in [1.82, 2.24) is 4.90 Å². The lowest BCUT2D eigenvalue weighted by Gasteiger charge is -2.42. The number of carbonyl (C=O) groups excluding carboxylic acids is 1. The molecule has 0 aromatic heterocycles. The highest BCUT2D eigenvalue weighted by Crippen LogP contribution is 2.40. The quantitative estimate of drug-likeness (QED) is 0.809. The molecular formula is C11H17NO3S. The maximum atomic E-state index is 12.1. The van der Waals surface area contributed by atoms with Crippen LogP contribution in [0.5, 0.6) is 0 Å². The summed E-state index contributed by atoms with van der Waals surface area (Å²) in [7, 11) is 0. The van der Waals surface area contributed by atoms with Crippen molar-refractivity contribution in [2.45, 2.75) is 30.9 Å². The van der Waals surface area contributed by atoms with E-state index in [-0.39, 0.29) is 23.0 Å². The number of aliphatic carboxylic acids is 1. The first-order valence-corrected chi connectivity index (χ1v) is 6.65. The Balaban J connectivity index is 1.83. The minimum absolute atomic E-state index is 0.163. The number of rotatable bonds is 3. The van der Waals surface area contributed by atoms with Gasteiger partial charge in [-0.1, -0.05) is 0 Å². The van der Waals surface area contributed by atoms with Gasteiger partial charge in [0.25, 0.3) is 0 Å². The zero-order valence-electron chi connectivity index (χ0n) is 9.44. The summed E-state index contributed by atoms with van der Waals surface area (Å²) in [4.78, 5) is 24.4. The summed E-state index contributed by atoms with van der Waals surface area (Å²) in [5, 5.41) is 8.63. The molecule has 0 spiro atoms. The van der Waals surface area contributed by atoms with Gasteiger partial charge in [-0.05, 0) is 25.5 Å². The lowest BCUT2D eigenvalue weighted by atomic mass is 9.93. The van der Waals surface area contributed by atoms with Crippen LogP contribution in [0.25, 0.3) is 0 Å². The molecular weight excluding hydrogens is 226 g/mol. The predicted molar refractivity (Wildman–Crippen MR) is 62.4 cm³/mol. The van der Waals surface area contributed by atoms with Crippen molar-refractivity contribution in [2.24, 2.45) is 5.92 Å². The molecule has 2 aliphatic rings. The molecule has 2 fully saturated rings. The summed E-state index contributed by atoms with van der Waals surface area (Å²) in [6.07, 6.45) is 2.25. The van der Waals surface area contributed by atoms with Gasteiger partial charge >= 0.3 is 5.97 Å². The highest BCUT2D eigenvalue weighted by Gasteiger charge is 2.43. The molecule has 0 aromatic carbocycles. The lowest BCUT2D eigenvalue weighted by molar-refractivity contribution is -0.146. The minimum Gasteiger partial charge on any atom is -0.481 e. The van der Waals surface area contributed by atoms with Gasteiger partial charge in [-0.25, -0.2) is 0 Å². The number of thioether (sulfide) groups is 1. The van der Waals surface area contributed by atoms with Gasteiger partial charge in [-0.3, -0.25) is 9.59 Å². The zero-order valence-corrected chi connectivity index (χ0v) is 10.3. The maximum Gasteiger partial charge on any atom is 0.303 e. The largest absolute Gasteiger partial charge is 0.481 e. The number of carboxylic acids is 1. The Labute approximate surface area is 99.4 Å². The molecule has 0 aromatic rings. The van der Waals surface area contributed by atoms with Gasteiger partial charge < -0.3 is 10.0 Å². The highest BCUT2D eigenvalue weighted by atomic mass is 32.2. The van der Waals surface area contributed by atoms with Crippen LogP contribution >= 0.6 is 11.8 Å². The van der Waals surface area contributed by atoms with Gasteiger partial charge in [0.15, 0.2) is 0 Å². The number of hydrogen-bond donors (Lipinski definition) is 1. The van der Waals surface area contributed by atoms with E-state index in [2.05, 4.69) is 0 Å². The van der Waals surface area contributed by atoms with E-state index in [0.29, 0.717) is 13.1 Å². The van der Waals surface area contributed by atoms with Crippen molar-refractivity contribution < 1.29 is 14.7 Å². The minimum atomic E-state index is -0.765. The molecule has 2 heterocycles. The summed E-state index contributed by atoms with van der Waals surface area (Å²) in [5.74, 6) is 0.667. The molecule has 0 saturated carbocycles. The molecule has 4 nitrogen and oxygen atoms in total. The molecule has 2 aliphatic heterocycles. The van der Waals surface area contributed by atoms with Crippen LogP contribution in [0.1, 0.15) is 26.2 Å². The number of likely N-dealkylation sites (tertiary alicyclic amines) is 1. The standard InChI is InChI=1S/C11H17NO3S/c1-11(3-2-4-16-11)10(15)12-6-8(7-12)5-9(13)14/h8H,2-7H2,1H3,(H,13,14). The summed E-state index contributed by atoms with van der Waals surface area (Å²) in [6.45, 7) is 3.26. The molecule has 90 valence electrons. The van der Waals surface area contributed by atoms with Crippen molar-refractivity contribution in [2.75, 3.05) is 18.8 Å². The Kier molecular flexibility index (Phi) is 3.15. The number of nitrogens with zero attached hydrogens (tertiary/aromatic N) is 1. The number of carbonyl (C=O) groups is 2. The summed E-state index contributed by atoms with van der Waals surface area (Å²) < 4.78 is -0.242. The van der Waals surface area contributed by atoms with Crippen LogP contribution < -0.4 is 0 Å². The van der Waals surface area contributed by atoms with Crippen molar-refractivity contribution in [3.05, 3.63) is 0 Å². The third-order valence-corrected chi connectivity index (χ3v) is 4.89. The molecule has 5 heteroatoms. The second-order valence-corrected chi connectivity index (χ2v) is 6.45. The first kappa shape index (κ1) is 11.8. The average Bonchev–Trinajstić information content (AvgIpc) is 2.58. The van der Waals surface area contributed by atoms with E-state index in [1.54, 1.807) is 11.8 Å². The van der Waals surface area contributed by atoms with Gasteiger partial charge in [0.2, 0.25) is 5.91 Å². The van der Waals surface area contributed by atoms with E-state index in [4.69, 9.17) is 5.11 Å². The molecule has 2 rings (SSSR count). The maximum absolute atomic E-state index is 12.1. The van der Waals surface area contributed by atoms with E-state index < -0.39 is 5.97 Å². The topological polar surface area (TPSA) is 57.6 Å². The van der Waals surface area contributed by atoms with Gasteiger partial charge in [0.05, 0.1) is 11.2 Å². The first-order chi connectivity index (χ1) is 7.51. The Morgan fingerprint density at radius 1 is 1.50 bits per heavy atom. The Bertz CT molecular complexity index is 306. The smallest absolute Gasteiger partial charge is 0.303 e. The van der Waals surface area contributed by atoms with Crippen molar-refractivity contribution in [1.29, 1.82) is 0 Å². The van der Waals surface area contributed by atoms with Gasteiger partial charge in [0, 0.05) is 19.0 Å². The number of amides is 1. The fraction of sp³-hybridized carbons (Fsp3) is 0.818. The van der Waals surface area contributed by atoms with Crippen LogP contribution in [0.4, 0.5) is 0 Å². The number of hydrogen-bond acceptors (Lipinski definition) is 3. The second kappa shape index (κ2) is 4.28. The van der Waals surface area contributed by atoms with E-state index >= 15 is 0 Å². The van der Waals surface area contributed by atoms with Crippen molar-refractivity contribution in [3.8, 4) is 0 Å². The molecule has 1 unspecified atom stereocenters. The first-order valence-electron chi connectivity index (χ1n) is 5.66. The zero-order chi connectivity index (χ0) is 11.8. The average molecular weight is 243 g/mol. The van der Waals surface area contributed by atoms with Gasteiger partial charge in [-0.15, -0.1) is 11.8 Å². The van der Waals surface area contributed by atoms with Crippen LogP contribution in [-0.2, 0) is 9.59 Å². The summed E-state index contributed by atoms with van der Waals surface area (Å²) in [6, 6.07) is 0. The molecule has 0 radical (unpaired) electrons. The fourth-order valence-electron chi connectivity index (χ4n) is 2.39. The van der Waals surface area contributed by atoms with Crippen molar-refractivity contribution in [3.63, 3.8) is 0 Å². The molecule has 1 atom stereocenters. The van der Waals surface area contributed by atoms with Crippen LogP contribution in [0.2, 0.25) is 0 Å². The lowest BCUT2D eigenvalue weighted by Crippen LogP contribution is -2.55. The third kappa shape index (κ3) is 2.19. The SMILES string of the molecule is CC1(C(=O)N2CC(CC(=O)O)C2)CCCS1. The molecule has 2 saturated heterocycles. The fourth-order valence-corrected chi connectivity index (χ4v) is 3.67. The van der Waals surface area contributed by atoms with Crippen LogP contribution in [0.3, 0.4) is 0 Å². The van der Waals surface area contributed by atoms with Gasteiger partial charge in [0.1, 0.15) is 0 Å². The van der Waals surface area contributed by atoms with Crippen LogP contribution in [0.15, 0.2) is 0 Å². The second-order valence-electron chi connectivity index (χ2n) is 4.86. The number of carboxylic acid groups (broad SMARTS) is 1. The Morgan fingerprint density at radius 2 is 2.19 bits per heavy atom. The molecule has 0 aliphatic carbocycles. The van der Waals surface area contributed by atoms with Crippen LogP contribution in [-0.4, -0.2) is 45.5 Å². The normalized spacial score (nSPS) is 30.2. The van der Waals surface area contributed by atoms with E-state index in [9.17, 15) is 9.59 Å². The summed E-state index contributed by atoms with van der Waals surface area (Å²) in [5.41, 5.74) is 0. The molecule has 0 bridgehead atoms. The summed E-state index contributed by atoms with van der Waals surface area (Å²) >= 11 is 1.74. The van der Waals surface area contributed by atoms with E-state index in [1.807, 2.05) is 11.8 Å². The Hall–Kier alpha value is -0.710. The molecule has 1 N–H and O–H groups in total. The van der Waals surface area contributed by atoms with Gasteiger partial charge in [-0.2, -0.15) is 0 Å². The third-order valence-electron chi connectivity index (χ3n) is 3.38. The predicted octanol–water partition coefficient (Wildman–Crippen LogP) is 1.21. The molecule has 16 heavy (non-hydrogen) atoms. The monoisotopic (exact) mass is 243 g/mol. The molecule has 1 amide bonds. The van der Waals surface area contributed by atoms with E-state index in [0.717, 1.165) is 18.6 Å².